The summed E-state index contributed by atoms with van der Waals surface area (Å²) in [5.74, 6) is 0.908. The molecule has 2 fully saturated rings. The fourth-order valence-corrected chi connectivity index (χ4v) is 3.55. The average molecular weight is 424 g/mol. The molecule has 10 heteroatoms. The zero-order valence-electron chi connectivity index (χ0n) is 15.8. The molecule has 2 aliphatic rings. The number of carbonyl (C=O) groups excluding carboxylic acids is 2. The minimum Gasteiger partial charge on any atom is -0.367 e. The number of carbonyl (C=O) groups is 2. The summed E-state index contributed by atoms with van der Waals surface area (Å²) >= 11 is 6.09. The summed E-state index contributed by atoms with van der Waals surface area (Å²) < 4.78 is 1.70. The molecule has 1 aliphatic carbocycles. The molecule has 0 bridgehead atoms. The van der Waals surface area contributed by atoms with Crippen LogP contribution in [0.1, 0.15) is 24.8 Å². The number of rotatable bonds is 5. The van der Waals surface area contributed by atoms with E-state index in [1.165, 1.54) is 6.42 Å². The lowest BCUT2D eigenvalue weighted by Gasteiger charge is -2.27. The minimum absolute atomic E-state index is 0.151. The van der Waals surface area contributed by atoms with Crippen LogP contribution in [0.15, 0.2) is 42.2 Å². The Labute approximate surface area is 176 Å². The first-order chi connectivity index (χ1) is 14.5. The molecule has 30 heavy (non-hydrogen) atoms. The molecule has 0 radical (unpaired) electrons. The van der Waals surface area contributed by atoms with Gasteiger partial charge in [0.15, 0.2) is 5.65 Å². The lowest BCUT2D eigenvalue weighted by molar-refractivity contribution is -0.115. The van der Waals surface area contributed by atoms with Crippen molar-refractivity contribution >= 4 is 52.6 Å². The van der Waals surface area contributed by atoms with E-state index >= 15 is 0 Å². The van der Waals surface area contributed by atoms with Crippen molar-refractivity contribution in [1.82, 2.24) is 25.2 Å². The molecule has 1 aliphatic heterocycles. The van der Waals surface area contributed by atoms with Crippen molar-refractivity contribution in [1.29, 1.82) is 0 Å². The lowest BCUT2D eigenvalue weighted by Crippen LogP contribution is -2.28. The first-order valence-electron chi connectivity index (χ1n) is 9.57. The fourth-order valence-electron chi connectivity index (χ4n) is 3.36. The SMILES string of the molecule is O=C1NC(=O)/C(=C\c2cnn3c(NC4CCC4)cc(Nc4cccc(Cl)c4)nc23)N1. The number of halogens is 1. The Morgan fingerprint density at radius 1 is 1.20 bits per heavy atom. The molecule has 3 amide bonds. The molecular formula is C20H18ClN7O2. The van der Waals surface area contributed by atoms with Gasteiger partial charge in [-0.2, -0.15) is 9.61 Å². The highest BCUT2D eigenvalue weighted by Gasteiger charge is 2.24. The number of benzene rings is 1. The zero-order valence-corrected chi connectivity index (χ0v) is 16.5. The van der Waals surface area contributed by atoms with E-state index in [4.69, 9.17) is 11.6 Å². The summed E-state index contributed by atoms with van der Waals surface area (Å²) in [6.45, 7) is 0. The normalized spacial score (nSPS) is 17.7. The molecule has 1 saturated carbocycles. The van der Waals surface area contributed by atoms with Crippen molar-refractivity contribution in [2.24, 2.45) is 0 Å². The van der Waals surface area contributed by atoms with Crippen molar-refractivity contribution in [2.75, 3.05) is 10.6 Å². The van der Waals surface area contributed by atoms with E-state index in [-0.39, 0.29) is 5.70 Å². The Hall–Kier alpha value is -3.59. The summed E-state index contributed by atoms with van der Waals surface area (Å²) in [4.78, 5) is 28.0. The summed E-state index contributed by atoms with van der Waals surface area (Å²) in [5, 5.41) is 16.5. The van der Waals surface area contributed by atoms with E-state index in [2.05, 4.69) is 31.3 Å². The second-order valence-electron chi connectivity index (χ2n) is 7.24. The standard InChI is InChI=1S/C20H18ClN7O2/c21-12-3-1-6-14(8-12)23-16-9-17(24-13-4-2-5-13)28-18(26-16)11(10-22-28)7-15-19(29)27-20(30)25-15/h1,3,6-10,13,24H,2,4-5H2,(H,23,26)(H2,25,27,29,30)/b15-7+. The molecule has 4 N–H and O–H groups in total. The molecule has 2 aromatic heterocycles. The van der Waals surface area contributed by atoms with Crippen molar-refractivity contribution in [3.05, 3.63) is 52.8 Å². The zero-order chi connectivity index (χ0) is 20.7. The van der Waals surface area contributed by atoms with Gasteiger partial charge in [0.25, 0.3) is 5.91 Å². The molecule has 3 aromatic rings. The third-order valence-electron chi connectivity index (χ3n) is 5.07. The van der Waals surface area contributed by atoms with Crippen LogP contribution in [0.3, 0.4) is 0 Å². The Morgan fingerprint density at radius 2 is 2.07 bits per heavy atom. The number of hydrogen-bond acceptors (Lipinski definition) is 6. The van der Waals surface area contributed by atoms with Gasteiger partial charge in [-0.25, -0.2) is 9.78 Å². The summed E-state index contributed by atoms with van der Waals surface area (Å²) in [6, 6.07) is 9.09. The number of imide groups is 1. The van der Waals surface area contributed by atoms with Gasteiger partial charge in [-0.05, 0) is 43.5 Å². The maximum Gasteiger partial charge on any atom is 0.326 e. The number of aromatic nitrogens is 3. The molecule has 0 spiro atoms. The third-order valence-corrected chi connectivity index (χ3v) is 5.31. The van der Waals surface area contributed by atoms with Gasteiger partial charge >= 0.3 is 6.03 Å². The third kappa shape index (κ3) is 3.55. The average Bonchev–Trinajstić information content (AvgIpc) is 3.21. The van der Waals surface area contributed by atoms with Crippen LogP contribution >= 0.6 is 11.6 Å². The van der Waals surface area contributed by atoms with Crippen LogP contribution in [-0.2, 0) is 4.79 Å². The minimum atomic E-state index is -0.550. The van der Waals surface area contributed by atoms with Crippen molar-refractivity contribution in [2.45, 2.75) is 25.3 Å². The number of nitrogens with one attached hydrogen (secondary N) is 4. The molecule has 1 aromatic carbocycles. The van der Waals surface area contributed by atoms with Crippen molar-refractivity contribution < 1.29 is 9.59 Å². The highest BCUT2D eigenvalue weighted by molar-refractivity contribution is 6.30. The quantitative estimate of drug-likeness (QED) is 0.370. The van der Waals surface area contributed by atoms with Crippen molar-refractivity contribution in [3.63, 3.8) is 0 Å². The number of amides is 3. The van der Waals surface area contributed by atoms with Gasteiger partial charge < -0.3 is 16.0 Å². The number of fused-ring (bicyclic) bond motifs is 1. The first kappa shape index (κ1) is 18.4. The molecular weight excluding hydrogens is 406 g/mol. The molecule has 1 saturated heterocycles. The Morgan fingerprint density at radius 3 is 2.77 bits per heavy atom. The monoisotopic (exact) mass is 423 g/mol. The Kier molecular flexibility index (Phi) is 4.51. The number of nitrogens with zero attached hydrogens (tertiary/aromatic N) is 3. The van der Waals surface area contributed by atoms with Crippen LogP contribution in [0.4, 0.5) is 22.1 Å². The van der Waals surface area contributed by atoms with Crippen LogP contribution in [0, 0.1) is 0 Å². The van der Waals surface area contributed by atoms with Gasteiger partial charge in [-0.1, -0.05) is 17.7 Å². The van der Waals surface area contributed by atoms with E-state index in [1.54, 1.807) is 22.9 Å². The largest absolute Gasteiger partial charge is 0.367 e. The first-order valence-corrected chi connectivity index (χ1v) is 9.95. The van der Waals surface area contributed by atoms with E-state index in [0.717, 1.165) is 24.3 Å². The second kappa shape index (κ2) is 7.34. The van der Waals surface area contributed by atoms with Crippen LogP contribution in [0.25, 0.3) is 11.7 Å². The maximum atomic E-state index is 11.9. The predicted molar refractivity (Wildman–Crippen MR) is 114 cm³/mol. The Balaban J connectivity index is 1.57. The topological polar surface area (TPSA) is 112 Å². The van der Waals surface area contributed by atoms with E-state index in [1.807, 2.05) is 24.3 Å². The molecule has 152 valence electrons. The van der Waals surface area contributed by atoms with Gasteiger partial charge in [0.1, 0.15) is 17.3 Å². The lowest BCUT2D eigenvalue weighted by atomic mass is 9.93. The van der Waals surface area contributed by atoms with E-state index < -0.39 is 11.9 Å². The van der Waals surface area contributed by atoms with Gasteiger partial charge in [0.2, 0.25) is 0 Å². The van der Waals surface area contributed by atoms with Gasteiger partial charge in [-0.3, -0.25) is 10.1 Å². The smallest absolute Gasteiger partial charge is 0.326 e. The number of anilines is 3. The summed E-state index contributed by atoms with van der Waals surface area (Å²) in [6.07, 6.45) is 6.58. The molecule has 5 rings (SSSR count). The van der Waals surface area contributed by atoms with Gasteiger partial charge in [0, 0.05) is 28.4 Å². The molecule has 9 nitrogen and oxygen atoms in total. The highest BCUT2D eigenvalue weighted by Crippen LogP contribution is 2.28. The molecule has 0 atom stereocenters. The maximum absolute atomic E-state index is 11.9. The van der Waals surface area contributed by atoms with Crippen LogP contribution in [-0.4, -0.2) is 32.6 Å². The van der Waals surface area contributed by atoms with Crippen LogP contribution < -0.4 is 21.3 Å². The number of urea groups is 1. The fraction of sp³-hybridized carbons (Fsp3) is 0.200. The van der Waals surface area contributed by atoms with Gasteiger partial charge in [0.05, 0.1) is 6.20 Å². The van der Waals surface area contributed by atoms with E-state index in [0.29, 0.717) is 28.1 Å². The second-order valence-corrected chi connectivity index (χ2v) is 7.67. The Bertz CT molecular complexity index is 1200. The summed E-state index contributed by atoms with van der Waals surface area (Å²) in [5.41, 5.74) is 2.10. The summed E-state index contributed by atoms with van der Waals surface area (Å²) in [7, 11) is 0. The van der Waals surface area contributed by atoms with Crippen molar-refractivity contribution in [3.8, 4) is 0 Å². The van der Waals surface area contributed by atoms with Crippen LogP contribution in [0.5, 0.6) is 0 Å². The van der Waals surface area contributed by atoms with Crippen LogP contribution in [0.2, 0.25) is 5.02 Å². The predicted octanol–water partition coefficient (Wildman–Crippen LogP) is 3.27. The number of hydrogen-bond donors (Lipinski definition) is 4. The molecule has 3 heterocycles. The highest BCUT2D eigenvalue weighted by atomic mass is 35.5. The molecule has 0 unspecified atom stereocenters. The van der Waals surface area contributed by atoms with E-state index in [9.17, 15) is 9.59 Å². The van der Waals surface area contributed by atoms with Gasteiger partial charge in [-0.15, -0.1) is 0 Å².